The zero-order valence-electron chi connectivity index (χ0n) is 43.7. The summed E-state index contributed by atoms with van der Waals surface area (Å²) in [7, 11) is -6.50. The normalized spacial score (nSPS) is 13.8. The van der Waals surface area contributed by atoms with Crippen molar-refractivity contribution < 1.29 is 51.0 Å². The fourth-order valence-corrected chi connectivity index (χ4v) is 21.2. The molecule has 0 aromatic heterocycles. The average Bonchev–Trinajstić information content (AvgIpc) is 4.14. The number of allylic oxidation sites excluding steroid dienone is 8. The molecule has 0 aliphatic heterocycles. The average molecular weight is 1080 g/mol. The summed E-state index contributed by atoms with van der Waals surface area (Å²) in [5, 5.41) is 0. The van der Waals surface area contributed by atoms with Gasteiger partial charge in [-0.2, -0.15) is 0 Å². The van der Waals surface area contributed by atoms with Crippen LogP contribution in [0.1, 0.15) is 166 Å². The van der Waals surface area contributed by atoms with Gasteiger partial charge in [0, 0.05) is 0 Å². The van der Waals surface area contributed by atoms with E-state index in [9.17, 15) is 16.8 Å². The number of rotatable bonds is 32. The molecule has 6 rings (SSSR count). The summed E-state index contributed by atoms with van der Waals surface area (Å²) < 4.78 is 128. The van der Waals surface area contributed by atoms with Crippen molar-refractivity contribution in [1.82, 2.24) is 0 Å². The molecule has 73 heavy (non-hydrogen) atoms. The van der Waals surface area contributed by atoms with Crippen molar-refractivity contribution in [3.63, 3.8) is 0 Å². The number of unbranched alkanes of at least 4 members (excludes halogenated alkanes) is 18. The maximum atomic E-state index is 17.9. The Bertz CT molecular complexity index is 2600. The number of benzene rings is 4. The van der Waals surface area contributed by atoms with Crippen LogP contribution in [0.25, 0.3) is 0 Å². The third-order valence-electron chi connectivity index (χ3n) is 14.9. The Morgan fingerprint density at radius 3 is 1.05 bits per heavy atom. The molecule has 6 nitrogen and oxygen atoms in total. The fraction of sp³-hybridized carbons (Fsp3) is 0.467. The Morgan fingerprint density at radius 1 is 0.438 bits per heavy atom. The number of sulfonamides is 2. The van der Waals surface area contributed by atoms with E-state index < -0.39 is 79.0 Å². The SMILES string of the molecule is CCCCCCCCCCCCc1ccc(S(=O)(=O)N(C)c2ccc(F)[c]([Ti]([C]3=CC=CC3)([C]3=CC=CC3)[c]3c(F)ccc(N(C)S(=O)(=O)c4ccc(CCCCCCCCCCCC)cc4)c3F)c2F)cc1. The van der Waals surface area contributed by atoms with E-state index in [1.165, 1.54) is 128 Å². The molecule has 0 amide bonds. The summed E-state index contributed by atoms with van der Waals surface area (Å²) in [6.45, 7) is 4.44. The Balaban J connectivity index is 1.26. The van der Waals surface area contributed by atoms with Gasteiger partial charge in [-0.3, -0.25) is 0 Å². The molecule has 0 spiro atoms. The first-order valence-electron chi connectivity index (χ1n) is 27.1. The van der Waals surface area contributed by atoms with Crippen LogP contribution < -0.4 is 16.3 Å². The number of halogens is 4. The van der Waals surface area contributed by atoms with E-state index in [0.29, 0.717) is 7.76 Å². The zero-order valence-corrected chi connectivity index (χ0v) is 46.9. The van der Waals surface area contributed by atoms with E-state index in [2.05, 4.69) is 13.8 Å². The Labute approximate surface area is 439 Å². The number of anilines is 2. The number of hydrogen-bond donors (Lipinski definition) is 0. The molecule has 4 aromatic carbocycles. The van der Waals surface area contributed by atoms with Gasteiger partial charge in [-0.25, -0.2) is 0 Å². The van der Waals surface area contributed by atoms with Gasteiger partial charge in [0.05, 0.1) is 0 Å². The second-order valence-corrected chi connectivity index (χ2v) is 29.9. The zero-order chi connectivity index (χ0) is 52.4. The quantitative estimate of drug-likeness (QED) is 0.0277. The molecule has 13 heteroatoms. The van der Waals surface area contributed by atoms with Crippen molar-refractivity contribution in [2.45, 2.75) is 178 Å². The second-order valence-electron chi connectivity index (χ2n) is 20.0. The molecule has 2 aliphatic carbocycles. The van der Waals surface area contributed by atoms with Crippen molar-refractivity contribution in [2.24, 2.45) is 0 Å². The van der Waals surface area contributed by atoms with E-state index in [0.717, 1.165) is 95.4 Å². The molecule has 0 fully saturated rings. The minimum atomic E-state index is -5.54. The van der Waals surface area contributed by atoms with Crippen LogP contribution in [0.15, 0.2) is 127 Å². The van der Waals surface area contributed by atoms with Crippen molar-refractivity contribution in [3.8, 4) is 0 Å². The maximum absolute atomic E-state index is 17.9. The second kappa shape index (κ2) is 28.1. The number of aryl methyl sites for hydroxylation is 2. The van der Waals surface area contributed by atoms with Crippen LogP contribution in [0.3, 0.4) is 0 Å². The summed E-state index contributed by atoms with van der Waals surface area (Å²) in [6.07, 6.45) is 36.0. The first kappa shape index (κ1) is 58.0. The molecule has 0 heterocycles. The van der Waals surface area contributed by atoms with Gasteiger partial charge in [-0.05, 0) is 0 Å². The van der Waals surface area contributed by atoms with Crippen LogP contribution in [0.2, 0.25) is 0 Å². The Morgan fingerprint density at radius 2 is 0.753 bits per heavy atom. The summed E-state index contributed by atoms with van der Waals surface area (Å²) in [5.74, 6) is -4.70. The molecule has 0 saturated carbocycles. The van der Waals surface area contributed by atoms with Crippen LogP contribution >= 0.6 is 0 Å². The Kier molecular flexibility index (Phi) is 22.3. The molecule has 0 radical (unpaired) electrons. The van der Waals surface area contributed by atoms with Crippen LogP contribution in [-0.2, 0) is 49.5 Å². The van der Waals surface area contributed by atoms with Gasteiger partial charge in [0.25, 0.3) is 0 Å². The van der Waals surface area contributed by atoms with Crippen molar-refractivity contribution in [1.29, 1.82) is 0 Å². The fourth-order valence-electron chi connectivity index (χ4n) is 10.5. The summed E-state index contributed by atoms with van der Waals surface area (Å²) >= 11 is -5.54. The number of hydrogen-bond acceptors (Lipinski definition) is 4. The standard InChI is InChI=1S/2C25H34F2NO2S.2C5H5.Ti/c2*1-3-4-5-6-7-8-9-10-11-12-13-21-14-17-23(18-15-21)31(29,30)28(2)25-19-16-22(26)20-24(25)27;2*1-2-4-5-3-1;/h2*14-19H,3-13H2,1-2H3;2*1-3H,4H2;. The van der Waals surface area contributed by atoms with E-state index in [4.69, 9.17) is 0 Å². The molecule has 0 N–H and O–H groups in total. The van der Waals surface area contributed by atoms with E-state index in [1.807, 2.05) is 0 Å². The summed E-state index contributed by atoms with van der Waals surface area (Å²) in [6, 6.07) is 16.9. The van der Waals surface area contributed by atoms with E-state index in [1.54, 1.807) is 60.7 Å². The Hall–Kier alpha value is -4.23. The predicted molar refractivity (Wildman–Crippen MR) is 291 cm³/mol. The monoisotopic (exact) mass is 1080 g/mol. The van der Waals surface area contributed by atoms with Crippen molar-refractivity contribution >= 4 is 39.2 Å². The predicted octanol–water partition coefficient (Wildman–Crippen LogP) is 15.6. The van der Waals surface area contributed by atoms with Gasteiger partial charge >= 0.3 is 325 Å². The first-order valence-corrected chi connectivity index (χ1v) is 33.1. The summed E-state index contributed by atoms with van der Waals surface area (Å²) in [5.41, 5.74) is 0.965. The van der Waals surface area contributed by atoms with Gasteiger partial charge in [0.1, 0.15) is 0 Å². The third-order valence-corrected chi connectivity index (χ3v) is 26.4. The molecule has 0 bridgehead atoms. The van der Waals surface area contributed by atoms with Gasteiger partial charge in [-0.15, -0.1) is 0 Å². The molecular formula is C60H78F4N2O4S2Ti. The molecule has 0 unspecified atom stereocenters. The van der Waals surface area contributed by atoms with Gasteiger partial charge in [-0.1, -0.05) is 117 Å². The van der Waals surface area contributed by atoms with Gasteiger partial charge in [0.2, 0.25) is 0 Å². The van der Waals surface area contributed by atoms with E-state index in [-0.39, 0.29) is 22.6 Å². The van der Waals surface area contributed by atoms with Crippen LogP contribution in [0.5, 0.6) is 0 Å². The first-order chi connectivity index (χ1) is 35.2. The van der Waals surface area contributed by atoms with Crippen LogP contribution in [0, 0.1) is 23.3 Å². The topological polar surface area (TPSA) is 74.8 Å². The van der Waals surface area contributed by atoms with Crippen LogP contribution in [-0.4, -0.2) is 30.9 Å². The molecular weight excluding hydrogens is 1000 g/mol. The van der Waals surface area contributed by atoms with Gasteiger partial charge < -0.3 is 0 Å². The summed E-state index contributed by atoms with van der Waals surface area (Å²) in [4.78, 5) is -0.189. The van der Waals surface area contributed by atoms with Crippen molar-refractivity contribution in [2.75, 3.05) is 22.7 Å². The van der Waals surface area contributed by atoms with E-state index >= 15 is 17.6 Å². The molecule has 4 aromatic rings. The molecule has 0 saturated heterocycles. The van der Waals surface area contributed by atoms with Gasteiger partial charge in [0.15, 0.2) is 0 Å². The minimum absolute atomic E-state index is 0.0944. The molecule has 2 aliphatic rings. The number of nitrogens with zero attached hydrogens (tertiary/aromatic N) is 2. The molecule has 396 valence electrons. The molecule has 0 atom stereocenters. The third kappa shape index (κ3) is 14.2. The van der Waals surface area contributed by atoms with Crippen LogP contribution in [0.4, 0.5) is 28.9 Å². The van der Waals surface area contributed by atoms with Crippen molar-refractivity contribution in [3.05, 3.63) is 151 Å².